The first-order valence-electron chi connectivity index (χ1n) is 6.12. The smallest absolute Gasteiger partial charge is 0.101 e. The van der Waals surface area contributed by atoms with E-state index >= 15 is 0 Å². The van der Waals surface area contributed by atoms with Gasteiger partial charge in [0.15, 0.2) is 0 Å². The number of rotatable bonds is 4. The summed E-state index contributed by atoms with van der Waals surface area (Å²) in [5, 5.41) is 22.0. The maximum absolute atomic E-state index is 9.26. The van der Waals surface area contributed by atoms with Gasteiger partial charge in [0.1, 0.15) is 6.07 Å². The third-order valence-electron chi connectivity index (χ3n) is 2.96. The Morgan fingerprint density at radius 2 is 1.85 bits per heavy atom. The molecule has 2 aromatic carbocycles. The van der Waals surface area contributed by atoms with Gasteiger partial charge in [-0.2, -0.15) is 10.5 Å². The molecule has 0 amide bonds. The van der Waals surface area contributed by atoms with Gasteiger partial charge >= 0.3 is 0 Å². The van der Waals surface area contributed by atoms with Gasteiger partial charge in [-0.3, -0.25) is 0 Å². The molecule has 1 atom stereocenters. The normalized spacial score (nSPS) is 11.2. The van der Waals surface area contributed by atoms with Crippen LogP contribution in [0.5, 0.6) is 0 Å². The number of benzene rings is 2. The summed E-state index contributed by atoms with van der Waals surface area (Å²) in [5.41, 5.74) is 2.11. The Morgan fingerprint density at radius 1 is 1.10 bits per heavy atom. The van der Waals surface area contributed by atoms with Crippen molar-refractivity contribution in [3.63, 3.8) is 0 Å². The lowest BCUT2D eigenvalue weighted by molar-refractivity contribution is 0.900. The largest absolute Gasteiger partial charge is 0.382 e. The van der Waals surface area contributed by atoms with Gasteiger partial charge in [0.2, 0.25) is 0 Å². The number of anilines is 1. The average molecular weight is 282 g/mol. The van der Waals surface area contributed by atoms with Crippen molar-refractivity contribution < 1.29 is 0 Å². The minimum atomic E-state index is -0.276. The summed E-state index contributed by atoms with van der Waals surface area (Å²) in [6.07, 6.45) is 0. The fraction of sp³-hybridized carbons (Fsp3) is 0.125. The van der Waals surface area contributed by atoms with Crippen molar-refractivity contribution in [2.75, 3.05) is 11.9 Å². The second-order valence-electron chi connectivity index (χ2n) is 4.27. The Labute approximate surface area is 123 Å². The molecule has 4 heteroatoms. The van der Waals surface area contributed by atoms with Gasteiger partial charge in [0, 0.05) is 11.6 Å². The molecule has 0 aromatic heterocycles. The standard InChI is InChI=1S/C16H12ClN3/c17-15-7-6-13(9-18)16(8-15)20-11-14(10-19)12-4-2-1-3-5-12/h1-8,14,20H,11H2. The average Bonchev–Trinajstić information content (AvgIpc) is 2.49. The van der Waals surface area contributed by atoms with Crippen LogP contribution in [-0.2, 0) is 0 Å². The summed E-state index contributed by atoms with van der Waals surface area (Å²) in [7, 11) is 0. The molecule has 98 valence electrons. The molecule has 0 heterocycles. The predicted molar refractivity (Wildman–Crippen MR) is 79.5 cm³/mol. The van der Waals surface area contributed by atoms with Crippen LogP contribution in [0.4, 0.5) is 5.69 Å². The Morgan fingerprint density at radius 3 is 2.50 bits per heavy atom. The van der Waals surface area contributed by atoms with E-state index in [4.69, 9.17) is 16.9 Å². The fourth-order valence-corrected chi connectivity index (χ4v) is 2.07. The maximum Gasteiger partial charge on any atom is 0.101 e. The first-order chi connectivity index (χ1) is 9.74. The molecule has 0 saturated heterocycles. The van der Waals surface area contributed by atoms with Crippen LogP contribution < -0.4 is 5.32 Å². The summed E-state index contributed by atoms with van der Waals surface area (Å²) in [5.74, 6) is -0.276. The summed E-state index contributed by atoms with van der Waals surface area (Å²) >= 11 is 5.93. The number of nitrogens with zero attached hydrogens (tertiary/aromatic N) is 2. The van der Waals surface area contributed by atoms with Crippen molar-refractivity contribution in [3.05, 3.63) is 64.7 Å². The lowest BCUT2D eigenvalue weighted by Gasteiger charge is -2.13. The van der Waals surface area contributed by atoms with Gasteiger partial charge in [-0.05, 0) is 23.8 Å². The molecule has 0 aliphatic rings. The van der Waals surface area contributed by atoms with E-state index in [-0.39, 0.29) is 5.92 Å². The van der Waals surface area contributed by atoms with Gasteiger partial charge in [0.05, 0.1) is 23.2 Å². The van der Waals surface area contributed by atoms with E-state index in [0.29, 0.717) is 22.8 Å². The fourth-order valence-electron chi connectivity index (χ4n) is 1.90. The third-order valence-corrected chi connectivity index (χ3v) is 3.19. The number of nitriles is 2. The van der Waals surface area contributed by atoms with Gasteiger partial charge < -0.3 is 5.32 Å². The molecule has 0 aliphatic carbocycles. The van der Waals surface area contributed by atoms with E-state index in [1.54, 1.807) is 18.2 Å². The molecule has 0 fully saturated rings. The topological polar surface area (TPSA) is 59.6 Å². The summed E-state index contributed by atoms with van der Waals surface area (Å²) in [4.78, 5) is 0. The van der Waals surface area contributed by atoms with E-state index in [1.807, 2.05) is 30.3 Å². The van der Waals surface area contributed by atoms with Crippen LogP contribution in [0, 0.1) is 22.7 Å². The first kappa shape index (κ1) is 13.9. The van der Waals surface area contributed by atoms with Crippen LogP contribution in [0.25, 0.3) is 0 Å². The highest BCUT2D eigenvalue weighted by Crippen LogP contribution is 2.22. The van der Waals surface area contributed by atoms with Crippen LogP contribution in [0.15, 0.2) is 48.5 Å². The summed E-state index contributed by atoms with van der Waals surface area (Å²) in [6.45, 7) is 0.426. The number of halogens is 1. The Balaban J connectivity index is 2.14. The molecule has 0 saturated carbocycles. The van der Waals surface area contributed by atoms with Crippen molar-refractivity contribution in [2.45, 2.75) is 5.92 Å². The lowest BCUT2D eigenvalue weighted by atomic mass is 10.0. The molecule has 0 spiro atoms. The van der Waals surface area contributed by atoms with Crippen LogP contribution in [-0.4, -0.2) is 6.54 Å². The number of hydrogen-bond acceptors (Lipinski definition) is 3. The molecule has 0 aliphatic heterocycles. The van der Waals surface area contributed by atoms with Crippen LogP contribution in [0.3, 0.4) is 0 Å². The number of hydrogen-bond donors (Lipinski definition) is 1. The molecule has 2 rings (SSSR count). The van der Waals surface area contributed by atoms with Gasteiger partial charge in [-0.15, -0.1) is 0 Å². The summed E-state index contributed by atoms with van der Waals surface area (Å²) < 4.78 is 0. The van der Waals surface area contributed by atoms with E-state index in [9.17, 15) is 5.26 Å². The van der Waals surface area contributed by atoms with Crippen molar-refractivity contribution >= 4 is 17.3 Å². The molecule has 1 N–H and O–H groups in total. The molecule has 1 unspecified atom stereocenters. The Bertz CT molecular complexity index is 668. The van der Waals surface area contributed by atoms with Crippen LogP contribution >= 0.6 is 11.6 Å². The third kappa shape index (κ3) is 3.29. The zero-order chi connectivity index (χ0) is 14.4. The number of nitrogens with one attached hydrogen (secondary N) is 1. The van der Waals surface area contributed by atoms with Crippen molar-refractivity contribution in [1.29, 1.82) is 10.5 Å². The molecule has 3 nitrogen and oxygen atoms in total. The predicted octanol–water partition coefficient (Wildman–Crippen LogP) is 3.93. The zero-order valence-electron chi connectivity index (χ0n) is 10.7. The van der Waals surface area contributed by atoms with E-state index in [0.717, 1.165) is 5.56 Å². The van der Waals surface area contributed by atoms with Crippen LogP contribution in [0.1, 0.15) is 17.0 Å². The highest BCUT2D eigenvalue weighted by molar-refractivity contribution is 6.30. The molecule has 2 aromatic rings. The molecule has 20 heavy (non-hydrogen) atoms. The van der Waals surface area contributed by atoms with E-state index in [2.05, 4.69) is 17.5 Å². The van der Waals surface area contributed by atoms with Gasteiger partial charge in [-0.1, -0.05) is 41.9 Å². The maximum atomic E-state index is 9.26. The minimum absolute atomic E-state index is 0.276. The van der Waals surface area contributed by atoms with Crippen molar-refractivity contribution in [1.82, 2.24) is 0 Å². The molecule has 0 bridgehead atoms. The highest BCUT2D eigenvalue weighted by Gasteiger charge is 2.11. The van der Waals surface area contributed by atoms with Crippen molar-refractivity contribution in [3.8, 4) is 12.1 Å². The Kier molecular flexibility index (Phi) is 4.60. The lowest BCUT2D eigenvalue weighted by Crippen LogP contribution is -2.12. The molecular formula is C16H12ClN3. The van der Waals surface area contributed by atoms with E-state index < -0.39 is 0 Å². The summed E-state index contributed by atoms with van der Waals surface area (Å²) in [6, 6.07) is 18.9. The molecule has 0 radical (unpaired) electrons. The van der Waals surface area contributed by atoms with Gasteiger partial charge in [0.25, 0.3) is 0 Å². The zero-order valence-corrected chi connectivity index (χ0v) is 11.4. The molecular weight excluding hydrogens is 270 g/mol. The quantitative estimate of drug-likeness (QED) is 0.923. The second-order valence-corrected chi connectivity index (χ2v) is 4.71. The first-order valence-corrected chi connectivity index (χ1v) is 6.50. The Hall–Kier alpha value is -2.49. The monoisotopic (exact) mass is 281 g/mol. The highest BCUT2D eigenvalue weighted by atomic mass is 35.5. The van der Waals surface area contributed by atoms with Gasteiger partial charge in [-0.25, -0.2) is 0 Å². The van der Waals surface area contributed by atoms with E-state index in [1.165, 1.54) is 0 Å². The van der Waals surface area contributed by atoms with Crippen LogP contribution in [0.2, 0.25) is 5.02 Å². The minimum Gasteiger partial charge on any atom is -0.382 e. The second kappa shape index (κ2) is 6.61. The van der Waals surface area contributed by atoms with Crippen molar-refractivity contribution in [2.24, 2.45) is 0 Å². The SMILES string of the molecule is N#Cc1ccc(Cl)cc1NCC(C#N)c1ccccc1.